The average molecular weight is 411 g/mol. The molecule has 0 radical (unpaired) electrons. The van der Waals surface area contributed by atoms with Crippen molar-refractivity contribution in [2.24, 2.45) is 0 Å². The van der Waals surface area contributed by atoms with Crippen LogP contribution in [-0.4, -0.2) is 44.7 Å². The molecule has 0 heterocycles. The minimum Gasteiger partial charge on any atom is -0.495 e. The summed E-state index contributed by atoms with van der Waals surface area (Å²) in [6, 6.07) is 9.55. The van der Waals surface area contributed by atoms with Crippen molar-refractivity contribution in [2.45, 2.75) is 9.79 Å². The van der Waals surface area contributed by atoms with E-state index in [9.17, 15) is 23.3 Å². The van der Waals surface area contributed by atoms with E-state index < -0.39 is 14.9 Å². The SMILES string of the molecule is COc1ccc([N+](=O)[O-])cc1S(=O)(=O)Nc1cccc(SC(=O)N(C)C)c1. The largest absolute Gasteiger partial charge is 0.495 e. The van der Waals surface area contributed by atoms with Gasteiger partial charge in [-0.1, -0.05) is 6.07 Å². The molecule has 2 rings (SSSR count). The second kappa shape index (κ2) is 8.27. The number of methoxy groups -OCH3 is 1. The van der Waals surface area contributed by atoms with Gasteiger partial charge in [-0.3, -0.25) is 19.6 Å². The monoisotopic (exact) mass is 411 g/mol. The van der Waals surface area contributed by atoms with Crippen molar-refractivity contribution in [1.82, 2.24) is 4.90 Å². The molecule has 0 aromatic heterocycles. The van der Waals surface area contributed by atoms with Gasteiger partial charge in [-0.15, -0.1) is 0 Å². The van der Waals surface area contributed by atoms with E-state index >= 15 is 0 Å². The minimum atomic E-state index is -4.16. The number of hydrogen-bond acceptors (Lipinski definition) is 7. The molecule has 0 aliphatic carbocycles. The van der Waals surface area contributed by atoms with Gasteiger partial charge in [0.05, 0.1) is 12.0 Å². The van der Waals surface area contributed by atoms with Crippen molar-refractivity contribution < 1.29 is 22.9 Å². The van der Waals surface area contributed by atoms with Crippen LogP contribution in [0.5, 0.6) is 5.75 Å². The summed E-state index contributed by atoms with van der Waals surface area (Å²) in [4.78, 5) is 23.6. The fraction of sp³-hybridized carbons (Fsp3) is 0.188. The summed E-state index contributed by atoms with van der Waals surface area (Å²) >= 11 is 0.940. The molecule has 0 saturated heterocycles. The van der Waals surface area contributed by atoms with E-state index in [1.54, 1.807) is 26.2 Å². The lowest BCUT2D eigenvalue weighted by molar-refractivity contribution is -0.385. The van der Waals surface area contributed by atoms with Crippen LogP contribution in [-0.2, 0) is 10.0 Å². The Balaban J connectivity index is 2.35. The van der Waals surface area contributed by atoms with E-state index in [1.807, 2.05) is 0 Å². The van der Waals surface area contributed by atoms with Gasteiger partial charge in [0.1, 0.15) is 10.6 Å². The highest BCUT2D eigenvalue weighted by molar-refractivity contribution is 8.13. The van der Waals surface area contributed by atoms with Crippen LogP contribution in [0.3, 0.4) is 0 Å². The number of ether oxygens (including phenoxy) is 1. The molecule has 0 saturated carbocycles. The molecule has 2 aromatic carbocycles. The maximum Gasteiger partial charge on any atom is 0.285 e. The number of rotatable bonds is 6. The second-order valence-corrected chi connectivity index (χ2v) is 8.16. The number of sulfonamides is 1. The molecule has 1 amide bonds. The molecule has 0 aliphatic heterocycles. The Kier molecular flexibility index (Phi) is 6.28. The lowest BCUT2D eigenvalue weighted by Gasteiger charge is -2.13. The molecule has 0 spiro atoms. The van der Waals surface area contributed by atoms with Gasteiger partial charge in [-0.05, 0) is 36.0 Å². The highest BCUT2D eigenvalue weighted by Crippen LogP contribution is 2.30. The lowest BCUT2D eigenvalue weighted by atomic mass is 10.3. The molecule has 1 N–H and O–H groups in total. The Morgan fingerprint density at radius 3 is 2.52 bits per heavy atom. The predicted octanol–water partition coefficient (Wildman–Crippen LogP) is 3.18. The summed E-state index contributed by atoms with van der Waals surface area (Å²) in [5.41, 5.74) is -0.169. The fourth-order valence-corrected chi connectivity index (χ4v) is 3.97. The smallest absolute Gasteiger partial charge is 0.285 e. The van der Waals surface area contributed by atoms with Crippen LogP contribution in [0.15, 0.2) is 52.3 Å². The molecular formula is C16H17N3O6S2. The number of amides is 1. The number of benzene rings is 2. The van der Waals surface area contributed by atoms with E-state index in [4.69, 9.17) is 4.74 Å². The molecular weight excluding hydrogens is 394 g/mol. The molecule has 0 aliphatic rings. The first kappa shape index (κ1) is 20.5. The lowest BCUT2D eigenvalue weighted by Crippen LogP contribution is -2.16. The Bertz CT molecular complexity index is 976. The minimum absolute atomic E-state index is 0.0265. The van der Waals surface area contributed by atoms with Gasteiger partial charge in [0, 0.05) is 36.8 Å². The van der Waals surface area contributed by atoms with Gasteiger partial charge in [0.2, 0.25) is 0 Å². The van der Waals surface area contributed by atoms with Gasteiger partial charge in [-0.2, -0.15) is 0 Å². The number of carbonyl (C=O) groups excluding carboxylic acids is 1. The third-order valence-electron chi connectivity index (χ3n) is 3.30. The Morgan fingerprint density at radius 1 is 1.22 bits per heavy atom. The van der Waals surface area contributed by atoms with E-state index in [0.717, 1.165) is 23.9 Å². The first-order valence-corrected chi connectivity index (χ1v) is 9.78. The molecule has 9 nitrogen and oxygen atoms in total. The average Bonchev–Trinajstić information content (AvgIpc) is 2.60. The molecule has 11 heteroatoms. The second-order valence-electron chi connectivity index (χ2n) is 5.49. The number of nitro benzene ring substituents is 1. The van der Waals surface area contributed by atoms with Gasteiger partial charge in [-0.25, -0.2) is 8.42 Å². The molecule has 0 unspecified atom stereocenters. The van der Waals surface area contributed by atoms with Gasteiger partial charge < -0.3 is 9.64 Å². The molecule has 0 fully saturated rings. The topological polar surface area (TPSA) is 119 Å². The van der Waals surface area contributed by atoms with E-state index in [2.05, 4.69) is 4.72 Å². The van der Waals surface area contributed by atoms with E-state index in [-0.39, 0.29) is 27.3 Å². The maximum atomic E-state index is 12.7. The highest BCUT2D eigenvalue weighted by Gasteiger charge is 2.23. The van der Waals surface area contributed by atoms with Crippen LogP contribution >= 0.6 is 11.8 Å². The van der Waals surface area contributed by atoms with Crippen LogP contribution in [0.2, 0.25) is 0 Å². The molecule has 0 bridgehead atoms. The highest BCUT2D eigenvalue weighted by atomic mass is 32.2. The number of hydrogen-bond donors (Lipinski definition) is 1. The third-order valence-corrected chi connectivity index (χ3v) is 5.74. The Hall–Kier alpha value is -2.79. The number of nitrogens with one attached hydrogen (secondary N) is 1. The van der Waals surface area contributed by atoms with Crippen LogP contribution in [0, 0.1) is 10.1 Å². The summed E-state index contributed by atoms with van der Waals surface area (Å²) in [6.45, 7) is 0. The number of carbonyl (C=O) groups is 1. The predicted molar refractivity (Wildman–Crippen MR) is 102 cm³/mol. The summed E-state index contributed by atoms with van der Waals surface area (Å²) in [5.74, 6) is -0.0265. The van der Waals surface area contributed by atoms with Crippen molar-refractivity contribution in [3.63, 3.8) is 0 Å². The first-order chi connectivity index (χ1) is 12.6. The summed E-state index contributed by atoms with van der Waals surface area (Å²) in [6.07, 6.45) is 0. The van der Waals surface area contributed by atoms with Crippen molar-refractivity contribution >= 4 is 38.4 Å². The molecule has 27 heavy (non-hydrogen) atoms. The Morgan fingerprint density at radius 2 is 1.93 bits per heavy atom. The third kappa shape index (κ3) is 5.11. The van der Waals surface area contributed by atoms with Crippen LogP contribution in [0.25, 0.3) is 0 Å². The van der Waals surface area contributed by atoms with Crippen LogP contribution in [0.1, 0.15) is 0 Å². The first-order valence-electron chi connectivity index (χ1n) is 7.48. The van der Waals surface area contributed by atoms with E-state index in [0.29, 0.717) is 4.90 Å². The summed E-state index contributed by atoms with van der Waals surface area (Å²) in [5, 5.41) is 10.7. The number of nitrogens with zero attached hydrogens (tertiary/aromatic N) is 2. The van der Waals surface area contributed by atoms with Crippen molar-refractivity contribution in [3.8, 4) is 5.75 Å². The molecule has 0 atom stereocenters. The standard InChI is InChI=1S/C16H17N3O6S2/c1-18(2)16(20)26-13-6-4-5-11(9-13)17-27(23,24)15-10-12(19(21)22)7-8-14(15)25-3/h4-10,17H,1-3H3. The molecule has 2 aromatic rings. The van der Waals surface area contributed by atoms with Gasteiger partial charge in [0.25, 0.3) is 20.9 Å². The van der Waals surface area contributed by atoms with Crippen molar-refractivity contribution in [1.29, 1.82) is 0 Å². The van der Waals surface area contributed by atoms with Gasteiger partial charge >= 0.3 is 0 Å². The summed E-state index contributed by atoms with van der Waals surface area (Å²) in [7, 11) is 0.326. The van der Waals surface area contributed by atoms with Crippen molar-refractivity contribution in [3.05, 3.63) is 52.6 Å². The number of thioether (sulfide) groups is 1. The van der Waals surface area contributed by atoms with E-state index in [1.165, 1.54) is 30.2 Å². The Labute approximate surface area is 160 Å². The van der Waals surface area contributed by atoms with Crippen molar-refractivity contribution in [2.75, 3.05) is 25.9 Å². The zero-order chi connectivity index (χ0) is 20.2. The maximum absolute atomic E-state index is 12.7. The number of nitro groups is 1. The number of non-ortho nitro benzene ring substituents is 1. The fourth-order valence-electron chi connectivity index (χ4n) is 2.01. The van der Waals surface area contributed by atoms with Gasteiger partial charge in [0.15, 0.2) is 0 Å². The molecule has 144 valence electrons. The summed E-state index contributed by atoms with van der Waals surface area (Å²) < 4.78 is 32.8. The van der Waals surface area contributed by atoms with Crippen LogP contribution in [0.4, 0.5) is 16.2 Å². The zero-order valence-corrected chi connectivity index (χ0v) is 16.3. The quantitative estimate of drug-likeness (QED) is 0.440. The normalized spacial score (nSPS) is 10.9. The van der Waals surface area contributed by atoms with Crippen LogP contribution < -0.4 is 9.46 Å². The number of anilines is 1. The zero-order valence-electron chi connectivity index (χ0n) is 14.7.